The molecule has 6 heteroatoms. The van der Waals surface area contributed by atoms with Gasteiger partial charge in [0.2, 0.25) is 0 Å². The van der Waals surface area contributed by atoms with Gasteiger partial charge in [0.1, 0.15) is 0 Å². The highest BCUT2D eigenvalue weighted by Crippen LogP contribution is 2.27. The van der Waals surface area contributed by atoms with Crippen LogP contribution in [0, 0.1) is 13.8 Å². The predicted octanol–water partition coefficient (Wildman–Crippen LogP) is 1.53. The summed E-state index contributed by atoms with van der Waals surface area (Å²) >= 11 is 5.30. The number of ether oxygens (including phenoxy) is 1. The molecule has 0 saturated heterocycles. The Bertz CT molecular complexity index is 565. The van der Waals surface area contributed by atoms with Gasteiger partial charge in [0.05, 0.1) is 30.0 Å². The third kappa shape index (κ3) is 4.27. The molecule has 1 rings (SSSR count). The SMILES string of the molecule is CCOC(=O)CC(=S)N(c1c(C)cccc1C)C(C)C(=O)[O-]. The van der Waals surface area contributed by atoms with E-state index < -0.39 is 18.0 Å². The summed E-state index contributed by atoms with van der Waals surface area (Å²) in [6.07, 6.45) is -0.144. The zero-order chi connectivity index (χ0) is 16.9. The quantitative estimate of drug-likeness (QED) is 0.584. The second-order valence-electron chi connectivity index (χ2n) is 4.98. The van der Waals surface area contributed by atoms with Gasteiger partial charge in [-0.1, -0.05) is 30.4 Å². The predicted molar refractivity (Wildman–Crippen MR) is 86.7 cm³/mol. The van der Waals surface area contributed by atoms with Crippen molar-refractivity contribution in [3.05, 3.63) is 29.3 Å². The number of aryl methyl sites for hydroxylation is 2. The lowest BCUT2D eigenvalue weighted by Gasteiger charge is -2.34. The second kappa shape index (κ2) is 7.89. The van der Waals surface area contributed by atoms with Crippen LogP contribution in [-0.2, 0) is 14.3 Å². The Morgan fingerprint density at radius 2 is 1.86 bits per heavy atom. The van der Waals surface area contributed by atoms with Crippen LogP contribution in [0.4, 0.5) is 5.69 Å². The largest absolute Gasteiger partial charge is 0.548 e. The number of hydrogen-bond acceptors (Lipinski definition) is 5. The number of anilines is 1. The summed E-state index contributed by atoms with van der Waals surface area (Å²) in [4.78, 5) is 24.6. The van der Waals surface area contributed by atoms with Crippen molar-refractivity contribution in [2.75, 3.05) is 11.5 Å². The summed E-state index contributed by atoms with van der Waals surface area (Å²) in [5, 5.41) is 11.3. The van der Waals surface area contributed by atoms with Crippen molar-refractivity contribution in [1.82, 2.24) is 0 Å². The molecule has 0 radical (unpaired) electrons. The molecule has 1 aromatic rings. The third-order valence-electron chi connectivity index (χ3n) is 3.28. The number of carboxylic acids is 1. The molecule has 0 fully saturated rings. The third-order valence-corrected chi connectivity index (χ3v) is 3.62. The number of thiocarbonyl (C=S) groups is 1. The Kier molecular flexibility index (Phi) is 6.49. The lowest BCUT2D eigenvalue weighted by molar-refractivity contribution is -0.306. The highest BCUT2D eigenvalue weighted by Gasteiger charge is 2.24. The zero-order valence-electron chi connectivity index (χ0n) is 13.2. The van der Waals surface area contributed by atoms with Crippen LogP contribution in [0.5, 0.6) is 0 Å². The minimum atomic E-state index is -1.26. The van der Waals surface area contributed by atoms with E-state index in [1.54, 1.807) is 6.92 Å². The first-order chi connectivity index (χ1) is 10.3. The summed E-state index contributed by atoms with van der Waals surface area (Å²) in [5.41, 5.74) is 2.44. The molecule has 0 aliphatic heterocycles. The van der Waals surface area contributed by atoms with Gasteiger partial charge in [0, 0.05) is 5.69 Å². The molecule has 0 aliphatic carbocycles. The van der Waals surface area contributed by atoms with Crippen LogP contribution in [0.3, 0.4) is 0 Å². The number of para-hydroxylation sites is 1. The number of benzene rings is 1. The minimum Gasteiger partial charge on any atom is -0.548 e. The van der Waals surface area contributed by atoms with Crippen molar-refractivity contribution in [1.29, 1.82) is 0 Å². The second-order valence-corrected chi connectivity index (χ2v) is 5.45. The Morgan fingerprint density at radius 3 is 2.32 bits per heavy atom. The first-order valence-corrected chi connectivity index (χ1v) is 7.45. The number of carbonyl (C=O) groups is 2. The van der Waals surface area contributed by atoms with E-state index in [9.17, 15) is 14.7 Å². The van der Waals surface area contributed by atoms with E-state index in [1.165, 1.54) is 11.8 Å². The molecule has 5 nitrogen and oxygen atoms in total. The number of aliphatic carboxylic acids is 1. The minimum absolute atomic E-state index is 0.144. The molecule has 0 saturated carbocycles. The Labute approximate surface area is 135 Å². The van der Waals surface area contributed by atoms with E-state index >= 15 is 0 Å². The van der Waals surface area contributed by atoms with E-state index in [0.717, 1.165) is 11.1 Å². The van der Waals surface area contributed by atoms with Crippen LogP contribution in [0.2, 0.25) is 0 Å². The fourth-order valence-corrected chi connectivity index (χ4v) is 2.61. The molecule has 0 bridgehead atoms. The van der Waals surface area contributed by atoms with Gasteiger partial charge in [-0.25, -0.2) is 0 Å². The van der Waals surface area contributed by atoms with Gasteiger partial charge in [-0.3, -0.25) is 4.79 Å². The number of rotatable bonds is 6. The molecular formula is C16H20NO4S-. The normalized spacial score (nSPS) is 11.6. The van der Waals surface area contributed by atoms with Crippen molar-refractivity contribution in [2.45, 2.75) is 40.2 Å². The van der Waals surface area contributed by atoms with Crippen molar-refractivity contribution in [3.8, 4) is 0 Å². The molecule has 1 unspecified atom stereocenters. The van der Waals surface area contributed by atoms with Gasteiger partial charge >= 0.3 is 5.97 Å². The van der Waals surface area contributed by atoms with Gasteiger partial charge in [-0.05, 0) is 38.8 Å². The van der Waals surface area contributed by atoms with Crippen LogP contribution in [0.1, 0.15) is 31.4 Å². The standard InChI is InChI=1S/C16H21NO4S/c1-5-21-14(18)9-13(22)17(12(4)16(19)20)15-10(2)7-6-8-11(15)3/h6-8,12H,5,9H2,1-4H3,(H,19,20)/p-1. The Hall–Kier alpha value is -1.95. The van der Waals surface area contributed by atoms with E-state index in [-0.39, 0.29) is 18.0 Å². The van der Waals surface area contributed by atoms with Crippen molar-refractivity contribution < 1.29 is 19.4 Å². The molecule has 1 atom stereocenters. The van der Waals surface area contributed by atoms with Gasteiger partial charge in [-0.2, -0.15) is 0 Å². The first kappa shape index (κ1) is 18.1. The average molecular weight is 322 g/mol. The summed E-state index contributed by atoms with van der Waals surface area (Å²) in [5.74, 6) is -1.73. The van der Waals surface area contributed by atoms with E-state index in [1.807, 2.05) is 32.0 Å². The van der Waals surface area contributed by atoms with Crippen molar-refractivity contribution in [2.24, 2.45) is 0 Å². The van der Waals surface area contributed by atoms with E-state index in [2.05, 4.69) is 0 Å². The molecular weight excluding hydrogens is 302 g/mol. The summed E-state index contributed by atoms with van der Waals surface area (Å²) in [6, 6.07) is 4.63. The number of carbonyl (C=O) groups excluding carboxylic acids is 2. The number of hydrogen-bond donors (Lipinski definition) is 0. The van der Waals surface area contributed by atoms with Gasteiger partial charge in [0.15, 0.2) is 0 Å². The van der Waals surface area contributed by atoms with Crippen LogP contribution in [-0.4, -0.2) is 29.6 Å². The van der Waals surface area contributed by atoms with Gasteiger partial charge in [0.25, 0.3) is 0 Å². The molecule has 120 valence electrons. The Morgan fingerprint density at radius 1 is 1.32 bits per heavy atom. The van der Waals surface area contributed by atoms with Crippen LogP contribution < -0.4 is 10.0 Å². The maximum atomic E-state index is 11.7. The summed E-state index contributed by atoms with van der Waals surface area (Å²) in [6.45, 7) is 7.17. The molecule has 0 aliphatic rings. The summed E-state index contributed by atoms with van der Waals surface area (Å²) < 4.78 is 4.88. The maximum Gasteiger partial charge on any atom is 0.312 e. The van der Waals surface area contributed by atoms with Gasteiger partial charge in [-0.15, -0.1) is 0 Å². The maximum absolute atomic E-state index is 11.7. The van der Waals surface area contributed by atoms with Crippen molar-refractivity contribution >= 4 is 34.8 Å². The zero-order valence-corrected chi connectivity index (χ0v) is 14.0. The first-order valence-electron chi connectivity index (χ1n) is 7.04. The van der Waals surface area contributed by atoms with Crippen LogP contribution in [0.25, 0.3) is 0 Å². The number of nitrogens with zero attached hydrogens (tertiary/aromatic N) is 1. The average Bonchev–Trinajstić information content (AvgIpc) is 2.42. The number of esters is 1. The number of carboxylic acid groups (broad SMARTS) is 1. The Balaban J connectivity index is 3.22. The molecule has 0 spiro atoms. The molecule has 0 amide bonds. The highest BCUT2D eigenvalue weighted by molar-refractivity contribution is 7.80. The van der Waals surface area contributed by atoms with Crippen molar-refractivity contribution in [3.63, 3.8) is 0 Å². The monoisotopic (exact) mass is 322 g/mol. The van der Waals surface area contributed by atoms with Gasteiger partial charge < -0.3 is 19.5 Å². The van der Waals surface area contributed by atoms with E-state index in [4.69, 9.17) is 17.0 Å². The van der Waals surface area contributed by atoms with Crippen LogP contribution >= 0.6 is 12.2 Å². The molecule has 0 heterocycles. The fraction of sp³-hybridized carbons (Fsp3) is 0.438. The lowest BCUT2D eigenvalue weighted by Crippen LogP contribution is -2.49. The lowest BCUT2D eigenvalue weighted by atomic mass is 10.1. The van der Waals surface area contributed by atoms with E-state index in [0.29, 0.717) is 5.69 Å². The highest BCUT2D eigenvalue weighted by atomic mass is 32.1. The molecule has 22 heavy (non-hydrogen) atoms. The molecule has 0 aromatic heterocycles. The topological polar surface area (TPSA) is 69.7 Å². The molecule has 0 N–H and O–H groups in total. The fourth-order valence-electron chi connectivity index (χ4n) is 2.25. The summed E-state index contributed by atoms with van der Waals surface area (Å²) in [7, 11) is 0. The van der Waals surface area contributed by atoms with Crippen LogP contribution in [0.15, 0.2) is 18.2 Å². The molecule has 1 aromatic carbocycles. The smallest absolute Gasteiger partial charge is 0.312 e.